The van der Waals surface area contributed by atoms with E-state index in [4.69, 9.17) is 5.73 Å². The van der Waals surface area contributed by atoms with Crippen LogP contribution in [0.1, 0.15) is 20.3 Å². The van der Waals surface area contributed by atoms with E-state index in [9.17, 15) is 14.4 Å². The Morgan fingerprint density at radius 2 is 1.93 bits per heavy atom. The van der Waals surface area contributed by atoms with Gasteiger partial charge in [0, 0.05) is 0 Å². The maximum atomic E-state index is 11.5. The van der Waals surface area contributed by atoms with Gasteiger partial charge in [0.2, 0.25) is 17.7 Å². The number of carbonyl (C=O) groups is 3. The van der Waals surface area contributed by atoms with Gasteiger partial charge >= 0.3 is 0 Å². The van der Waals surface area contributed by atoms with Gasteiger partial charge in [-0.25, -0.2) is 0 Å². The number of amides is 3. The standard InChI is InChI=1S/C9H15N3O3/c1-4(2)7-9(15)11-5(3-6(10)13)8(14)12-7/h4-5,7H,3H2,1-2H3,(H2,10,13)(H,11,15)(H,12,14)/t5-,7-/m0/s1. The zero-order valence-electron chi connectivity index (χ0n) is 8.74. The smallest absolute Gasteiger partial charge is 0.243 e. The minimum absolute atomic E-state index is 0.0171. The van der Waals surface area contributed by atoms with Gasteiger partial charge in [-0.2, -0.15) is 0 Å². The number of hydrogen-bond acceptors (Lipinski definition) is 3. The largest absolute Gasteiger partial charge is 0.370 e. The Labute approximate surface area is 87.6 Å². The van der Waals surface area contributed by atoms with Crippen molar-refractivity contribution in [2.24, 2.45) is 11.7 Å². The molecule has 0 saturated carbocycles. The van der Waals surface area contributed by atoms with Crippen LogP contribution in [0.15, 0.2) is 0 Å². The minimum atomic E-state index is -0.829. The fraction of sp³-hybridized carbons (Fsp3) is 0.667. The first-order valence-electron chi connectivity index (χ1n) is 4.81. The highest BCUT2D eigenvalue weighted by Gasteiger charge is 2.35. The topological polar surface area (TPSA) is 101 Å². The Kier molecular flexibility index (Phi) is 3.28. The maximum Gasteiger partial charge on any atom is 0.243 e. The molecule has 1 heterocycles. The maximum absolute atomic E-state index is 11.5. The van der Waals surface area contributed by atoms with E-state index in [1.54, 1.807) is 0 Å². The highest BCUT2D eigenvalue weighted by atomic mass is 16.2. The molecule has 4 N–H and O–H groups in total. The van der Waals surface area contributed by atoms with E-state index >= 15 is 0 Å². The molecular weight excluding hydrogens is 198 g/mol. The monoisotopic (exact) mass is 213 g/mol. The first-order valence-corrected chi connectivity index (χ1v) is 4.81. The molecule has 0 aromatic carbocycles. The van der Waals surface area contributed by atoms with Crippen LogP contribution in [-0.2, 0) is 14.4 Å². The molecule has 0 aromatic heterocycles. The molecule has 84 valence electrons. The van der Waals surface area contributed by atoms with Crippen LogP contribution in [0.3, 0.4) is 0 Å². The summed E-state index contributed by atoms with van der Waals surface area (Å²) in [7, 11) is 0. The van der Waals surface area contributed by atoms with Gasteiger partial charge in [-0.15, -0.1) is 0 Å². The summed E-state index contributed by atoms with van der Waals surface area (Å²) in [6.07, 6.45) is -0.164. The van der Waals surface area contributed by atoms with Crippen molar-refractivity contribution in [3.8, 4) is 0 Å². The number of rotatable bonds is 3. The Hall–Kier alpha value is -1.59. The lowest BCUT2D eigenvalue weighted by atomic mass is 9.99. The number of carbonyl (C=O) groups excluding carboxylic acids is 3. The van der Waals surface area contributed by atoms with Crippen LogP contribution in [0.4, 0.5) is 0 Å². The molecule has 0 aliphatic carbocycles. The molecule has 1 fully saturated rings. The lowest BCUT2D eigenvalue weighted by Crippen LogP contribution is -2.63. The Morgan fingerprint density at radius 1 is 1.33 bits per heavy atom. The molecule has 1 aliphatic rings. The third-order valence-corrected chi connectivity index (χ3v) is 2.29. The molecule has 0 radical (unpaired) electrons. The van der Waals surface area contributed by atoms with E-state index in [-0.39, 0.29) is 24.2 Å². The van der Waals surface area contributed by atoms with Crippen LogP contribution >= 0.6 is 0 Å². The van der Waals surface area contributed by atoms with Crippen LogP contribution in [0, 0.1) is 5.92 Å². The third-order valence-electron chi connectivity index (χ3n) is 2.29. The SMILES string of the molecule is CC(C)[C@@H]1NC(=O)[C@H](CC(N)=O)NC1=O. The first kappa shape index (κ1) is 11.5. The summed E-state index contributed by atoms with van der Waals surface area (Å²) < 4.78 is 0. The molecule has 3 amide bonds. The lowest BCUT2D eigenvalue weighted by Gasteiger charge is -2.31. The molecule has 0 bridgehead atoms. The van der Waals surface area contributed by atoms with E-state index < -0.39 is 18.0 Å². The van der Waals surface area contributed by atoms with Gasteiger partial charge in [0.25, 0.3) is 0 Å². The van der Waals surface area contributed by atoms with E-state index in [1.165, 1.54) is 0 Å². The summed E-state index contributed by atoms with van der Waals surface area (Å²) in [6, 6.07) is -1.35. The molecule has 6 heteroatoms. The van der Waals surface area contributed by atoms with Crippen molar-refractivity contribution in [3.63, 3.8) is 0 Å². The quantitative estimate of drug-likeness (QED) is 0.531. The van der Waals surface area contributed by atoms with Gasteiger partial charge in [-0.3, -0.25) is 14.4 Å². The van der Waals surface area contributed by atoms with Crippen molar-refractivity contribution < 1.29 is 14.4 Å². The predicted molar refractivity (Wildman–Crippen MR) is 52.5 cm³/mol. The molecular formula is C9H15N3O3. The van der Waals surface area contributed by atoms with Gasteiger partial charge in [0.15, 0.2) is 0 Å². The van der Waals surface area contributed by atoms with Crippen molar-refractivity contribution in [1.82, 2.24) is 10.6 Å². The second-order valence-electron chi connectivity index (χ2n) is 3.96. The van der Waals surface area contributed by atoms with Crippen molar-refractivity contribution in [2.45, 2.75) is 32.4 Å². The zero-order valence-corrected chi connectivity index (χ0v) is 8.74. The number of piperazine rings is 1. The number of primary amides is 1. The van der Waals surface area contributed by atoms with Crippen molar-refractivity contribution in [2.75, 3.05) is 0 Å². The molecule has 2 atom stereocenters. The van der Waals surface area contributed by atoms with E-state index in [1.807, 2.05) is 13.8 Å². The molecule has 1 rings (SSSR count). The fourth-order valence-corrected chi connectivity index (χ4v) is 1.46. The van der Waals surface area contributed by atoms with Crippen molar-refractivity contribution in [3.05, 3.63) is 0 Å². The molecule has 1 saturated heterocycles. The van der Waals surface area contributed by atoms with Crippen molar-refractivity contribution in [1.29, 1.82) is 0 Å². The third kappa shape index (κ3) is 2.68. The van der Waals surface area contributed by atoms with E-state index in [2.05, 4.69) is 10.6 Å². The van der Waals surface area contributed by atoms with Gasteiger partial charge in [0.05, 0.1) is 6.42 Å². The van der Waals surface area contributed by atoms with Crippen molar-refractivity contribution >= 4 is 17.7 Å². The fourth-order valence-electron chi connectivity index (χ4n) is 1.46. The molecule has 15 heavy (non-hydrogen) atoms. The van der Waals surface area contributed by atoms with E-state index in [0.717, 1.165) is 0 Å². The van der Waals surface area contributed by atoms with Crippen LogP contribution in [0.25, 0.3) is 0 Å². The minimum Gasteiger partial charge on any atom is -0.370 e. The van der Waals surface area contributed by atoms with Gasteiger partial charge < -0.3 is 16.4 Å². The van der Waals surface area contributed by atoms with Gasteiger partial charge in [0.1, 0.15) is 12.1 Å². The summed E-state index contributed by atoms with van der Waals surface area (Å²) in [5.41, 5.74) is 4.96. The lowest BCUT2D eigenvalue weighted by molar-refractivity contribution is -0.139. The normalized spacial score (nSPS) is 26.1. The van der Waals surface area contributed by atoms with Crippen LogP contribution < -0.4 is 16.4 Å². The molecule has 6 nitrogen and oxygen atoms in total. The average molecular weight is 213 g/mol. The second-order valence-corrected chi connectivity index (χ2v) is 3.96. The highest BCUT2D eigenvalue weighted by Crippen LogP contribution is 2.08. The molecule has 0 aromatic rings. The Bertz CT molecular complexity index is 301. The Balaban J connectivity index is 2.67. The molecule has 1 aliphatic heterocycles. The molecule has 0 spiro atoms. The first-order chi connectivity index (χ1) is 6.91. The van der Waals surface area contributed by atoms with Crippen LogP contribution in [0.5, 0.6) is 0 Å². The number of hydrogen-bond donors (Lipinski definition) is 3. The highest BCUT2D eigenvalue weighted by molar-refractivity contribution is 5.99. The van der Waals surface area contributed by atoms with Crippen LogP contribution in [-0.4, -0.2) is 29.8 Å². The van der Waals surface area contributed by atoms with E-state index in [0.29, 0.717) is 0 Å². The number of nitrogens with two attached hydrogens (primary N) is 1. The van der Waals surface area contributed by atoms with Crippen LogP contribution in [0.2, 0.25) is 0 Å². The second kappa shape index (κ2) is 4.29. The van der Waals surface area contributed by atoms with Gasteiger partial charge in [-0.05, 0) is 5.92 Å². The van der Waals surface area contributed by atoms with Gasteiger partial charge in [-0.1, -0.05) is 13.8 Å². The summed E-state index contributed by atoms with van der Waals surface area (Å²) in [5, 5.41) is 5.04. The summed E-state index contributed by atoms with van der Waals surface area (Å²) in [6.45, 7) is 3.66. The Morgan fingerprint density at radius 3 is 2.40 bits per heavy atom. The summed E-state index contributed by atoms with van der Waals surface area (Å²) in [5.74, 6) is -1.22. The molecule has 0 unspecified atom stereocenters. The predicted octanol–water partition coefficient (Wildman–Crippen LogP) is -1.50. The zero-order chi connectivity index (χ0) is 11.6. The number of nitrogens with one attached hydrogen (secondary N) is 2. The average Bonchev–Trinajstić information content (AvgIpc) is 2.09. The summed E-state index contributed by atoms with van der Waals surface area (Å²) >= 11 is 0. The summed E-state index contributed by atoms with van der Waals surface area (Å²) in [4.78, 5) is 33.6.